The number of benzene rings is 1. The number of hydrogen-bond donors (Lipinski definition) is 2. The molecule has 1 aliphatic heterocycles. The Bertz CT molecular complexity index is 900. The summed E-state index contributed by atoms with van der Waals surface area (Å²) in [4.78, 5) is 29.0. The molecular formula is C20H19ClFN3O2. The molecule has 0 saturated carbocycles. The highest BCUT2D eigenvalue weighted by atomic mass is 35.5. The fourth-order valence-electron chi connectivity index (χ4n) is 2.99. The molecule has 0 radical (unpaired) electrons. The molecule has 3 rings (SSSR count). The molecule has 1 aliphatic rings. The van der Waals surface area contributed by atoms with Crippen LogP contribution in [0, 0.1) is 5.82 Å². The van der Waals surface area contributed by atoms with Crippen LogP contribution >= 0.6 is 11.6 Å². The minimum absolute atomic E-state index is 0.0222. The first-order valence-corrected chi connectivity index (χ1v) is 9.04. The van der Waals surface area contributed by atoms with Crippen LogP contribution in [0.2, 0.25) is 5.02 Å². The molecule has 0 bridgehead atoms. The maximum atomic E-state index is 15.2. The summed E-state index contributed by atoms with van der Waals surface area (Å²) in [5.41, 5.74) is 0.884. The lowest BCUT2D eigenvalue weighted by atomic mass is 9.96. The molecule has 7 heteroatoms. The summed E-state index contributed by atoms with van der Waals surface area (Å²) >= 11 is 6.12. The number of aromatic nitrogens is 1. The van der Waals surface area contributed by atoms with Crippen molar-refractivity contribution in [3.63, 3.8) is 0 Å². The summed E-state index contributed by atoms with van der Waals surface area (Å²) in [7, 11) is 0. The molecule has 27 heavy (non-hydrogen) atoms. The van der Waals surface area contributed by atoms with E-state index in [9.17, 15) is 9.59 Å². The normalized spacial score (nSPS) is 14.6. The smallest absolute Gasteiger partial charge is 0.248 e. The number of nitrogens with zero attached hydrogens (tertiary/aromatic N) is 1. The van der Waals surface area contributed by atoms with Crippen molar-refractivity contribution in [1.82, 2.24) is 15.6 Å². The Morgan fingerprint density at radius 3 is 2.81 bits per heavy atom. The van der Waals surface area contributed by atoms with Crippen LogP contribution in [-0.2, 0) is 4.79 Å². The van der Waals surface area contributed by atoms with E-state index in [1.807, 2.05) is 6.92 Å². The van der Waals surface area contributed by atoms with Crippen molar-refractivity contribution in [2.24, 2.45) is 0 Å². The van der Waals surface area contributed by atoms with Crippen LogP contribution in [0.4, 0.5) is 4.39 Å². The summed E-state index contributed by atoms with van der Waals surface area (Å²) in [5, 5.41) is 5.91. The largest absolute Gasteiger partial charge is 0.345 e. The summed E-state index contributed by atoms with van der Waals surface area (Å²) in [6.07, 6.45) is 5.16. The van der Waals surface area contributed by atoms with Crippen LogP contribution in [0.3, 0.4) is 0 Å². The van der Waals surface area contributed by atoms with Crippen LogP contribution in [0.5, 0.6) is 0 Å². The molecule has 140 valence electrons. The van der Waals surface area contributed by atoms with E-state index >= 15 is 4.39 Å². The van der Waals surface area contributed by atoms with Gasteiger partial charge < -0.3 is 10.6 Å². The molecule has 1 aromatic heterocycles. The SMILES string of the molecule is CC[C@@H](NC(=O)C1=CCNC1)c1ccc(Cl)c(C(=O)c2cccnc2)c1F. The van der Waals surface area contributed by atoms with Gasteiger partial charge in [-0.25, -0.2) is 4.39 Å². The van der Waals surface area contributed by atoms with Crippen LogP contribution in [0.15, 0.2) is 48.3 Å². The van der Waals surface area contributed by atoms with Gasteiger partial charge in [0, 0.05) is 42.2 Å². The summed E-state index contributed by atoms with van der Waals surface area (Å²) in [6.45, 7) is 2.96. The number of hydrogen-bond acceptors (Lipinski definition) is 4. The fourth-order valence-corrected chi connectivity index (χ4v) is 3.22. The zero-order chi connectivity index (χ0) is 19.4. The summed E-state index contributed by atoms with van der Waals surface area (Å²) < 4.78 is 15.2. The third-order valence-electron chi connectivity index (χ3n) is 4.46. The van der Waals surface area contributed by atoms with Crippen molar-refractivity contribution in [2.75, 3.05) is 13.1 Å². The number of halogens is 2. The standard InChI is InChI=1S/C20H19ClFN3O2/c1-2-16(25-20(27)13-7-9-24-11-13)14-5-6-15(21)17(18(14)22)19(26)12-4-3-8-23-10-12/h3-8,10,16,24H,2,9,11H2,1H3,(H,25,27)/t16-/m1/s1. The number of ketones is 1. The molecule has 0 fully saturated rings. The van der Waals surface area contributed by atoms with Crippen LogP contribution < -0.4 is 10.6 Å². The third kappa shape index (κ3) is 4.07. The van der Waals surface area contributed by atoms with Crippen molar-refractivity contribution in [3.05, 3.63) is 75.8 Å². The molecule has 2 N–H and O–H groups in total. The van der Waals surface area contributed by atoms with E-state index in [2.05, 4.69) is 15.6 Å². The van der Waals surface area contributed by atoms with Gasteiger partial charge in [0.25, 0.3) is 0 Å². The second kappa shape index (κ2) is 8.41. The average molecular weight is 388 g/mol. The molecule has 0 saturated heterocycles. The topological polar surface area (TPSA) is 71.1 Å². The van der Waals surface area contributed by atoms with Gasteiger partial charge in [0.1, 0.15) is 5.82 Å². The van der Waals surface area contributed by atoms with E-state index in [1.165, 1.54) is 24.5 Å². The van der Waals surface area contributed by atoms with E-state index in [0.717, 1.165) is 0 Å². The van der Waals surface area contributed by atoms with Crippen LogP contribution in [0.1, 0.15) is 40.9 Å². The number of pyridine rings is 1. The Balaban J connectivity index is 1.93. The molecule has 1 aromatic carbocycles. The van der Waals surface area contributed by atoms with Crippen molar-refractivity contribution < 1.29 is 14.0 Å². The molecule has 0 unspecified atom stereocenters. The first kappa shape index (κ1) is 19.2. The van der Waals surface area contributed by atoms with Gasteiger partial charge in [-0.1, -0.05) is 30.7 Å². The number of rotatable bonds is 6. The lowest BCUT2D eigenvalue weighted by Gasteiger charge is -2.20. The van der Waals surface area contributed by atoms with Gasteiger partial charge in [-0.15, -0.1) is 0 Å². The average Bonchev–Trinajstić information content (AvgIpc) is 3.22. The molecule has 2 heterocycles. The van der Waals surface area contributed by atoms with E-state index in [-0.39, 0.29) is 27.6 Å². The van der Waals surface area contributed by atoms with Crippen molar-refractivity contribution in [2.45, 2.75) is 19.4 Å². The minimum atomic E-state index is -0.720. The maximum absolute atomic E-state index is 15.2. The Hall–Kier alpha value is -2.57. The summed E-state index contributed by atoms with van der Waals surface area (Å²) in [6, 6.07) is 5.57. The van der Waals surface area contributed by atoms with Gasteiger partial charge in [0.15, 0.2) is 5.78 Å². The highest BCUT2D eigenvalue weighted by molar-refractivity contribution is 6.35. The Morgan fingerprint density at radius 2 is 2.19 bits per heavy atom. The number of carbonyl (C=O) groups excluding carboxylic acids is 2. The Kier molecular flexibility index (Phi) is 5.98. The van der Waals surface area contributed by atoms with Gasteiger partial charge in [0.2, 0.25) is 5.91 Å². The predicted molar refractivity (Wildman–Crippen MR) is 101 cm³/mol. The van der Waals surface area contributed by atoms with E-state index in [1.54, 1.807) is 18.2 Å². The number of carbonyl (C=O) groups is 2. The van der Waals surface area contributed by atoms with Crippen molar-refractivity contribution in [1.29, 1.82) is 0 Å². The van der Waals surface area contributed by atoms with E-state index in [0.29, 0.717) is 25.1 Å². The predicted octanol–water partition coefficient (Wildman–Crippen LogP) is 3.20. The fraction of sp³-hybridized carbons (Fsp3) is 0.250. The Morgan fingerprint density at radius 1 is 1.37 bits per heavy atom. The second-order valence-electron chi connectivity index (χ2n) is 6.19. The first-order chi connectivity index (χ1) is 13.0. The molecular weight excluding hydrogens is 369 g/mol. The zero-order valence-electron chi connectivity index (χ0n) is 14.8. The quantitative estimate of drug-likeness (QED) is 0.747. The molecule has 0 spiro atoms. The van der Waals surface area contributed by atoms with Gasteiger partial charge in [-0.2, -0.15) is 0 Å². The first-order valence-electron chi connectivity index (χ1n) is 8.66. The highest BCUT2D eigenvalue weighted by Crippen LogP contribution is 2.29. The molecule has 2 aromatic rings. The maximum Gasteiger partial charge on any atom is 0.248 e. The molecule has 5 nitrogen and oxygen atoms in total. The van der Waals surface area contributed by atoms with E-state index in [4.69, 9.17) is 11.6 Å². The molecule has 1 atom stereocenters. The van der Waals surface area contributed by atoms with Crippen molar-refractivity contribution in [3.8, 4) is 0 Å². The Labute approximate surface area is 161 Å². The third-order valence-corrected chi connectivity index (χ3v) is 4.78. The van der Waals surface area contributed by atoms with E-state index < -0.39 is 17.6 Å². The van der Waals surface area contributed by atoms with Crippen molar-refractivity contribution >= 4 is 23.3 Å². The lowest BCUT2D eigenvalue weighted by molar-refractivity contribution is -0.118. The number of amides is 1. The lowest BCUT2D eigenvalue weighted by Crippen LogP contribution is -2.31. The van der Waals surface area contributed by atoms with Gasteiger partial charge in [0.05, 0.1) is 16.6 Å². The number of nitrogens with one attached hydrogen (secondary N) is 2. The minimum Gasteiger partial charge on any atom is -0.345 e. The van der Waals surface area contributed by atoms with Crippen LogP contribution in [0.25, 0.3) is 0 Å². The van der Waals surface area contributed by atoms with Gasteiger partial charge in [-0.3, -0.25) is 14.6 Å². The zero-order valence-corrected chi connectivity index (χ0v) is 15.5. The summed E-state index contributed by atoms with van der Waals surface area (Å²) in [5.74, 6) is -1.51. The monoisotopic (exact) mass is 387 g/mol. The van der Waals surface area contributed by atoms with Gasteiger partial charge in [-0.05, 0) is 24.6 Å². The molecule has 0 aliphatic carbocycles. The van der Waals surface area contributed by atoms with Crippen LogP contribution in [-0.4, -0.2) is 29.8 Å². The van der Waals surface area contributed by atoms with Gasteiger partial charge >= 0.3 is 0 Å². The molecule has 1 amide bonds. The second-order valence-corrected chi connectivity index (χ2v) is 6.60. The highest BCUT2D eigenvalue weighted by Gasteiger charge is 2.25.